The van der Waals surface area contributed by atoms with Gasteiger partial charge in [0.25, 0.3) is 10.0 Å². The summed E-state index contributed by atoms with van der Waals surface area (Å²) in [5.41, 5.74) is 0.169. The minimum Gasteiger partial charge on any atom is -0.481 e. The Bertz CT molecular complexity index is 1870. The summed E-state index contributed by atoms with van der Waals surface area (Å²) in [6.07, 6.45) is 3.03. The van der Waals surface area contributed by atoms with Crippen molar-refractivity contribution in [1.29, 1.82) is 5.26 Å². The van der Waals surface area contributed by atoms with Crippen molar-refractivity contribution in [3.05, 3.63) is 71.1 Å². The second-order valence-electron chi connectivity index (χ2n) is 11.6. The van der Waals surface area contributed by atoms with Crippen molar-refractivity contribution in [3.8, 4) is 17.3 Å². The number of benzene rings is 1. The molecule has 1 aliphatic carbocycles. The molecule has 0 saturated heterocycles. The van der Waals surface area contributed by atoms with Crippen LogP contribution in [0, 0.1) is 35.3 Å². The average Bonchev–Trinajstić information content (AvgIpc) is 3.68. The molecule has 2 N–H and O–H groups in total. The molecule has 1 aliphatic rings. The normalized spacial score (nSPS) is 14.5. The van der Waals surface area contributed by atoms with Gasteiger partial charge in [0, 0.05) is 28.8 Å². The number of halogens is 2. The van der Waals surface area contributed by atoms with Crippen LogP contribution in [-0.4, -0.2) is 39.5 Å². The van der Waals surface area contributed by atoms with Crippen LogP contribution < -0.4 is 5.32 Å². The molecule has 4 aromatic rings. The first kappa shape index (κ1) is 29.1. The Morgan fingerprint density at radius 3 is 2.48 bits per heavy atom. The third-order valence-electron chi connectivity index (χ3n) is 7.42. The fourth-order valence-electron chi connectivity index (χ4n) is 4.90. The number of nitrogens with zero attached hydrogens (tertiary/aromatic N) is 4. The second-order valence-corrected chi connectivity index (χ2v) is 13.5. The zero-order chi connectivity index (χ0) is 30.6. The van der Waals surface area contributed by atoms with Crippen LogP contribution in [0.5, 0.6) is 0 Å². The highest BCUT2D eigenvalue weighted by atomic mass is 32.2. The average molecular weight is 594 g/mol. The van der Waals surface area contributed by atoms with Gasteiger partial charge in [-0.3, -0.25) is 4.79 Å². The highest BCUT2D eigenvalue weighted by molar-refractivity contribution is 7.90. The number of fused-ring (bicyclic) bond motifs is 1. The molecule has 0 unspecified atom stereocenters. The van der Waals surface area contributed by atoms with E-state index in [1.807, 2.05) is 13.0 Å². The van der Waals surface area contributed by atoms with Crippen LogP contribution in [0.15, 0.2) is 47.6 Å². The summed E-state index contributed by atoms with van der Waals surface area (Å²) in [4.78, 5) is 20.1. The summed E-state index contributed by atoms with van der Waals surface area (Å²) in [5.74, 6) is -3.14. The molecule has 42 heavy (non-hydrogen) atoms. The highest BCUT2D eigenvalue weighted by Crippen LogP contribution is 2.47. The van der Waals surface area contributed by atoms with E-state index in [4.69, 9.17) is 0 Å². The molecule has 5 rings (SSSR count). The fourth-order valence-corrected chi connectivity index (χ4v) is 6.23. The molecule has 0 radical (unpaired) electrons. The lowest BCUT2D eigenvalue weighted by Crippen LogP contribution is -2.36. The lowest BCUT2D eigenvalue weighted by molar-refractivity contribution is -0.137. The Balaban J connectivity index is 1.78. The van der Waals surface area contributed by atoms with E-state index >= 15 is 4.39 Å². The number of nitriles is 1. The predicted molar refractivity (Wildman–Crippen MR) is 152 cm³/mol. The minimum absolute atomic E-state index is 0.0297. The smallest absolute Gasteiger partial charge is 0.305 e. The number of pyridine rings is 2. The first-order valence-electron chi connectivity index (χ1n) is 13.3. The zero-order valence-corrected chi connectivity index (χ0v) is 24.3. The topological polar surface area (TPSA) is 138 Å². The van der Waals surface area contributed by atoms with Crippen LogP contribution in [0.3, 0.4) is 0 Å². The molecule has 218 valence electrons. The van der Waals surface area contributed by atoms with Crippen molar-refractivity contribution in [2.24, 2.45) is 5.41 Å². The SMILES string of the molecule is Cc1ccc(S(=O)(=O)n2cc(-c3nc(N[C@H](CC(=O)O)C(C)(C)C)c(F)c(C4CC4)c3C#N)c3cc(F)cnc32)cc1. The van der Waals surface area contributed by atoms with Gasteiger partial charge in [0.15, 0.2) is 17.3 Å². The molecule has 12 heteroatoms. The maximum Gasteiger partial charge on any atom is 0.305 e. The molecule has 0 spiro atoms. The number of hydrogen-bond donors (Lipinski definition) is 2. The summed E-state index contributed by atoms with van der Waals surface area (Å²) < 4.78 is 58.9. The third-order valence-corrected chi connectivity index (χ3v) is 9.08. The van der Waals surface area contributed by atoms with Gasteiger partial charge in [-0.05, 0) is 49.3 Å². The van der Waals surface area contributed by atoms with E-state index < -0.39 is 39.1 Å². The van der Waals surface area contributed by atoms with Gasteiger partial charge in [0.05, 0.1) is 28.8 Å². The number of aryl methyl sites for hydroxylation is 1. The van der Waals surface area contributed by atoms with E-state index in [1.165, 1.54) is 18.3 Å². The molecule has 1 saturated carbocycles. The number of rotatable bonds is 8. The largest absolute Gasteiger partial charge is 0.481 e. The van der Waals surface area contributed by atoms with E-state index in [2.05, 4.69) is 15.3 Å². The number of carbonyl (C=O) groups is 1. The van der Waals surface area contributed by atoms with Crippen molar-refractivity contribution >= 4 is 32.8 Å². The van der Waals surface area contributed by atoms with E-state index in [0.717, 1.165) is 21.8 Å². The lowest BCUT2D eigenvalue weighted by atomic mass is 9.84. The molecule has 3 aromatic heterocycles. The van der Waals surface area contributed by atoms with Crippen LogP contribution in [0.1, 0.15) is 62.6 Å². The maximum atomic E-state index is 16.0. The molecule has 0 aliphatic heterocycles. The molecule has 3 heterocycles. The van der Waals surface area contributed by atoms with Crippen molar-refractivity contribution in [2.75, 3.05) is 5.32 Å². The minimum atomic E-state index is -4.22. The summed E-state index contributed by atoms with van der Waals surface area (Å²) >= 11 is 0. The molecule has 0 amide bonds. The van der Waals surface area contributed by atoms with Gasteiger partial charge >= 0.3 is 5.97 Å². The van der Waals surface area contributed by atoms with Crippen molar-refractivity contribution < 1.29 is 27.1 Å². The van der Waals surface area contributed by atoms with E-state index in [-0.39, 0.29) is 56.5 Å². The molecular weight excluding hydrogens is 564 g/mol. The summed E-state index contributed by atoms with van der Waals surface area (Å²) in [5, 5.41) is 22.7. The molecule has 9 nitrogen and oxygen atoms in total. The van der Waals surface area contributed by atoms with Gasteiger partial charge in [-0.2, -0.15) is 5.26 Å². The van der Waals surface area contributed by atoms with Gasteiger partial charge < -0.3 is 10.4 Å². The standard InChI is InChI=1S/C30H29F2N5O4S/c1-16-5-9-19(10-6-16)42(40,41)37-15-22(20-11-18(31)14-34-29(20)37)27-21(13-33)25(17-7-8-17)26(32)28(36-27)35-23(12-24(38)39)30(2,3)4/h5-6,9-11,14-15,17,23H,7-8,12H2,1-4H3,(H,35,36)(H,38,39)/t23-/m1/s1. The van der Waals surface area contributed by atoms with Gasteiger partial charge in [-0.15, -0.1) is 0 Å². The summed E-state index contributed by atoms with van der Waals surface area (Å²) in [6.45, 7) is 7.22. The van der Waals surface area contributed by atoms with E-state index in [9.17, 15) is 28.0 Å². The molecular formula is C30H29F2N5O4S. The monoisotopic (exact) mass is 593 g/mol. The van der Waals surface area contributed by atoms with Crippen molar-refractivity contribution in [1.82, 2.24) is 13.9 Å². The molecule has 1 fully saturated rings. The Labute approximate surface area is 241 Å². The number of aromatic nitrogens is 3. The number of carboxylic acids is 1. The van der Waals surface area contributed by atoms with Gasteiger partial charge in [0.2, 0.25) is 0 Å². The quantitative estimate of drug-likeness (QED) is 0.255. The van der Waals surface area contributed by atoms with Crippen LogP contribution >= 0.6 is 0 Å². The zero-order valence-electron chi connectivity index (χ0n) is 23.4. The number of anilines is 1. The molecule has 1 aromatic carbocycles. The second kappa shape index (κ2) is 10.5. The Kier molecular flexibility index (Phi) is 7.27. The molecule has 1 atom stereocenters. The number of hydrogen-bond acceptors (Lipinski definition) is 7. The Hall–Kier alpha value is -4.37. The molecule has 0 bridgehead atoms. The van der Waals surface area contributed by atoms with Crippen LogP contribution in [-0.2, 0) is 14.8 Å². The van der Waals surface area contributed by atoms with Crippen molar-refractivity contribution in [3.63, 3.8) is 0 Å². The summed E-state index contributed by atoms with van der Waals surface area (Å²) in [7, 11) is -4.22. The Morgan fingerprint density at radius 2 is 1.90 bits per heavy atom. The number of carboxylic acid groups (broad SMARTS) is 1. The first-order valence-corrected chi connectivity index (χ1v) is 14.8. The lowest BCUT2D eigenvalue weighted by Gasteiger charge is -2.31. The number of aliphatic carboxylic acids is 1. The first-order chi connectivity index (χ1) is 19.7. The van der Waals surface area contributed by atoms with Crippen LogP contribution in [0.2, 0.25) is 0 Å². The third kappa shape index (κ3) is 5.32. The Morgan fingerprint density at radius 1 is 1.24 bits per heavy atom. The highest BCUT2D eigenvalue weighted by Gasteiger charge is 2.36. The predicted octanol–water partition coefficient (Wildman–Crippen LogP) is 5.97. The van der Waals surface area contributed by atoms with E-state index in [0.29, 0.717) is 12.8 Å². The number of nitrogens with one attached hydrogen (secondary N) is 1. The summed E-state index contributed by atoms with van der Waals surface area (Å²) in [6, 6.07) is 8.56. The van der Waals surface area contributed by atoms with Gasteiger partial charge in [-0.1, -0.05) is 38.5 Å². The maximum absolute atomic E-state index is 16.0. The fraction of sp³-hybridized carbons (Fsp3) is 0.333. The van der Waals surface area contributed by atoms with Crippen LogP contribution in [0.4, 0.5) is 14.6 Å². The van der Waals surface area contributed by atoms with E-state index in [1.54, 1.807) is 32.9 Å². The van der Waals surface area contributed by atoms with Gasteiger partial charge in [-0.25, -0.2) is 31.1 Å². The van der Waals surface area contributed by atoms with Gasteiger partial charge in [0.1, 0.15) is 11.9 Å². The van der Waals surface area contributed by atoms with Crippen LogP contribution in [0.25, 0.3) is 22.3 Å². The van der Waals surface area contributed by atoms with Crippen molar-refractivity contribution in [2.45, 2.75) is 63.8 Å².